The maximum atomic E-state index is 12.1. The fourth-order valence-corrected chi connectivity index (χ4v) is 2.57. The number of nitrogens with zero attached hydrogens (tertiary/aromatic N) is 2. The summed E-state index contributed by atoms with van der Waals surface area (Å²) in [7, 11) is 4.00. The number of carboxylic acid groups (broad SMARTS) is 1. The summed E-state index contributed by atoms with van der Waals surface area (Å²) in [4.78, 5) is 26.9. The molecular weight excluding hydrogens is 246 g/mol. The number of aliphatic carboxylic acids is 1. The number of carbonyl (C=O) groups is 2. The number of nitrogens with one attached hydrogen (secondary N) is 1. The number of likely N-dealkylation sites (tertiary alicyclic amines) is 1. The number of hydrogen-bond acceptors (Lipinski definition) is 3. The third-order valence-electron chi connectivity index (χ3n) is 3.70. The summed E-state index contributed by atoms with van der Waals surface area (Å²) in [6.45, 7) is 5.34. The molecule has 1 aliphatic heterocycles. The van der Waals surface area contributed by atoms with Crippen LogP contribution in [0, 0.1) is 5.92 Å². The van der Waals surface area contributed by atoms with Gasteiger partial charge in [0.25, 0.3) is 0 Å². The Balaban J connectivity index is 2.57. The summed E-state index contributed by atoms with van der Waals surface area (Å²) in [5.74, 6) is -0.568. The molecule has 1 heterocycles. The average Bonchev–Trinajstić information content (AvgIpc) is 2.70. The third kappa shape index (κ3) is 4.09. The Kier molecular flexibility index (Phi) is 5.60. The molecule has 0 radical (unpaired) electrons. The van der Waals surface area contributed by atoms with E-state index in [-0.39, 0.29) is 6.03 Å². The molecule has 2 amide bonds. The molecule has 0 saturated carbocycles. The van der Waals surface area contributed by atoms with Crippen molar-refractivity contribution in [3.8, 4) is 0 Å². The fraction of sp³-hybridized carbons (Fsp3) is 0.846. The van der Waals surface area contributed by atoms with E-state index in [0.29, 0.717) is 31.5 Å². The van der Waals surface area contributed by atoms with E-state index in [4.69, 9.17) is 5.11 Å². The predicted octanol–water partition coefficient (Wildman–Crippen LogP) is 0.831. The molecule has 0 bridgehead atoms. The van der Waals surface area contributed by atoms with Gasteiger partial charge in [0.2, 0.25) is 0 Å². The second-order valence-electron chi connectivity index (χ2n) is 5.54. The summed E-state index contributed by atoms with van der Waals surface area (Å²) in [5.41, 5.74) is 0. The number of hydrogen-bond donors (Lipinski definition) is 2. The Morgan fingerprint density at radius 3 is 2.47 bits per heavy atom. The summed E-state index contributed by atoms with van der Waals surface area (Å²) in [6.07, 6.45) is 1.19. The van der Waals surface area contributed by atoms with Crippen LogP contribution in [-0.2, 0) is 4.79 Å². The van der Waals surface area contributed by atoms with Gasteiger partial charge in [-0.15, -0.1) is 0 Å². The minimum atomic E-state index is -0.966. The normalized spacial score (nSPS) is 24.6. The lowest BCUT2D eigenvalue weighted by atomic mass is 10.1. The van der Waals surface area contributed by atoms with Crippen molar-refractivity contribution in [1.82, 2.24) is 15.1 Å². The molecule has 3 unspecified atom stereocenters. The molecule has 1 saturated heterocycles. The number of urea groups is 1. The van der Waals surface area contributed by atoms with Crippen LogP contribution in [-0.4, -0.2) is 66.2 Å². The van der Waals surface area contributed by atoms with Crippen molar-refractivity contribution in [2.24, 2.45) is 5.92 Å². The van der Waals surface area contributed by atoms with Crippen molar-refractivity contribution in [1.29, 1.82) is 0 Å². The lowest BCUT2D eigenvalue weighted by Crippen LogP contribution is -2.47. The van der Waals surface area contributed by atoms with Gasteiger partial charge < -0.3 is 20.2 Å². The van der Waals surface area contributed by atoms with Crippen LogP contribution in [0.1, 0.15) is 26.7 Å². The highest BCUT2D eigenvalue weighted by Crippen LogP contribution is 2.20. The van der Waals surface area contributed by atoms with Crippen molar-refractivity contribution in [2.75, 3.05) is 27.2 Å². The summed E-state index contributed by atoms with van der Waals surface area (Å²) in [5, 5.41) is 11.7. The van der Waals surface area contributed by atoms with Crippen LogP contribution in [0.2, 0.25) is 0 Å². The van der Waals surface area contributed by atoms with Crippen molar-refractivity contribution in [2.45, 2.75) is 38.8 Å². The molecule has 6 nitrogen and oxygen atoms in total. The highest BCUT2D eigenvalue weighted by molar-refractivity contribution is 5.82. The van der Waals surface area contributed by atoms with Gasteiger partial charge in [-0.3, -0.25) is 0 Å². The molecule has 19 heavy (non-hydrogen) atoms. The first-order valence-corrected chi connectivity index (χ1v) is 6.81. The van der Waals surface area contributed by atoms with Gasteiger partial charge in [0.15, 0.2) is 0 Å². The van der Waals surface area contributed by atoms with Gasteiger partial charge in [-0.05, 0) is 26.4 Å². The molecule has 1 rings (SSSR count). The van der Waals surface area contributed by atoms with Gasteiger partial charge >= 0.3 is 12.0 Å². The highest BCUT2D eigenvalue weighted by atomic mass is 16.4. The largest absolute Gasteiger partial charge is 0.480 e. The van der Waals surface area contributed by atoms with E-state index >= 15 is 0 Å². The van der Waals surface area contributed by atoms with Gasteiger partial charge in [-0.25, -0.2) is 9.59 Å². The molecule has 0 aliphatic carbocycles. The number of carbonyl (C=O) groups excluding carboxylic acids is 1. The Hall–Kier alpha value is -1.30. The quantitative estimate of drug-likeness (QED) is 0.777. The van der Waals surface area contributed by atoms with Crippen LogP contribution in [0.3, 0.4) is 0 Å². The topological polar surface area (TPSA) is 72.9 Å². The third-order valence-corrected chi connectivity index (χ3v) is 3.70. The van der Waals surface area contributed by atoms with E-state index in [1.54, 1.807) is 4.90 Å². The number of likely N-dealkylation sites (N-methyl/N-ethyl adjacent to an activating group) is 1. The van der Waals surface area contributed by atoms with Crippen LogP contribution in [0.4, 0.5) is 4.79 Å². The number of carboxylic acids is 1. The van der Waals surface area contributed by atoms with Gasteiger partial charge in [-0.1, -0.05) is 20.3 Å². The molecule has 110 valence electrons. The second-order valence-corrected chi connectivity index (χ2v) is 5.54. The summed E-state index contributed by atoms with van der Waals surface area (Å²) >= 11 is 0. The number of rotatable bonds is 5. The van der Waals surface area contributed by atoms with Crippen LogP contribution in [0.5, 0.6) is 0 Å². The molecular formula is C13H25N3O3. The molecule has 1 aliphatic rings. The Labute approximate surface area is 114 Å². The highest BCUT2D eigenvalue weighted by Gasteiger charge is 2.34. The molecule has 0 aromatic carbocycles. The van der Waals surface area contributed by atoms with Crippen LogP contribution >= 0.6 is 0 Å². The van der Waals surface area contributed by atoms with Gasteiger partial charge in [-0.2, -0.15) is 0 Å². The molecule has 0 aromatic heterocycles. The maximum Gasteiger partial charge on any atom is 0.326 e. The summed E-state index contributed by atoms with van der Waals surface area (Å²) in [6, 6.07) is -0.719. The Morgan fingerprint density at radius 1 is 1.42 bits per heavy atom. The fourth-order valence-electron chi connectivity index (χ4n) is 2.57. The lowest BCUT2D eigenvalue weighted by Gasteiger charge is -2.23. The monoisotopic (exact) mass is 271 g/mol. The van der Waals surface area contributed by atoms with Crippen LogP contribution in [0.15, 0.2) is 0 Å². The summed E-state index contributed by atoms with van der Waals surface area (Å²) < 4.78 is 0. The first kappa shape index (κ1) is 15.8. The van der Waals surface area contributed by atoms with Crippen molar-refractivity contribution in [3.05, 3.63) is 0 Å². The predicted molar refractivity (Wildman–Crippen MR) is 73.1 cm³/mol. The molecule has 0 spiro atoms. The van der Waals surface area contributed by atoms with E-state index in [9.17, 15) is 9.59 Å². The minimum absolute atomic E-state index is 0.267. The smallest absolute Gasteiger partial charge is 0.326 e. The maximum absolute atomic E-state index is 12.1. The van der Waals surface area contributed by atoms with E-state index < -0.39 is 12.0 Å². The van der Waals surface area contributed by atoms with E-state index in [1.807, 2.05) is 21.0 Å². The average molecular weight is 271 g/mol. The van der Waals surface area contributed by atoms with Gasteiger partial charge in [0.05, 0.1) is 0 Å². The van der Waals surface area contributed by atoms with Crippen LogP contribution < -0.4 is 5.32 Å². The van der Waals surface area contributed by atoms with E-state index in [0.717, 1.165) is 6.42 Å². The molecule has 2 N–H and O–H groups in total. The van der Waals surface area contributed by atoms with Gasteiger partial charge in [0, 0.05) is 19.1 Å². The zero-order chi connectivity index (χ0) is 14.6. The van der Waals surface area contributed by atoms with E-state index in [2.05, 4.69) is 17.1 Å². The SMILES string of the molecule is CCCC(NC(=O)N1CC(C)C(N(C)C)C1)C(=O)O. The lowest BCUT2D eigenvalue weighted by molar-refractivity contribution is -0.139. The standard InChI is InChI=1S/C13H25N3O3/c1-5-6-10(12(17)18)14-13(19)16-7-9(2)11(8-16)15(3)4/h9-11H,5-8H2,1-4H3,(H,14,19)(H,17,18). The van der Waals surface area contributed by atoms with Gasteiger partial charge in [0.1, 0.15) is 6.04 Å². The second kappa shape index (κ2) is 6.75. The van der Waals surface area contributed by atoms with Crippen LogP contribution in [0.25, 0.3) is 0 Å². The zero-order valence-corrected chi connectivity index (χ0v) is 12.2. The first-order chi connectivity index (χ1) is 8.86. The Bertz CT molecular complexity index is 333. The molecule has 6 heteroatoms. The molecule has 3 atom stereocenters. The molecule has 0 aromatic rings. The van der Waals surface area contributed by atoms with E-state index in [1.165, 1.54) is 0 Å². The zero-order valence-electron chi connectivity index (χ0n) is 12.2. The van der Waals surface area contributed by atoms with Crippen molar-refractivity contribution < 1.29 is 14.7 Å². The number of amides is 2. The Morgan fingerprint density at radius 2 is 2.05 bits per heavy atom. The molecule has 1 fully saturated rings. The van der Waals surface area contributed by atoms with Crippen molar-refractivity contribution >= 4 is 12.0 Å². The minimum Gasteiger partial charge on any atom is -0.480 e. The van der Waals surface area contributed by atoms with Crippen molar-refractivity contribution in [3.63, 3.8) is 0 Å². The first-order valence-electron chi connectivity index (χ1n) is 6.81.